The number of ether oxygens (including phenoxy) is 1. The molecule has 0 saturated carbocycles. The summed E-state index contributed by atoms with van der Waals surface area (Å²) in [6, 6.07) is 5.19. The largest absolute Gasteiger partial charge is 0.424 e. The summed E-state index contributed by atoms with van der Waals surface area (Å²) in [7, 11) is 0. The monoisotopic (exact) mass is 398 g/mol. The number of hydrogen-bond donors (Lipinski definition) is 0. The summed E-state index contributed by atoms with van der Waals surface area (Å²) in [4.78, 5) is 16.2. The Morgan fingerprint density at radius 3 is 2.41 bits per heavy atom. The molecule has 0 atom stereocenters. The maximum absolute atomic E-state index is 12.4. The lowest BCUT2D eigenvalue weighted by atomic mass is 10.1. The Labute approximate surface area is 159 Å². The molecule has 2 heterocycles. The number of alkyl halides is 3. The van der Waals surface area contributed by atoms with Crippen LogP contribution in [0.5, 0.6) is 11.8 Å². The number of fused-ring (bicyclic) bond motifs is 1. The van der Waals surface area contributed by atoms with E-state index in [1.54, 1.807) is 18.2 Å². The van der Waals surface area contributed by atoms with Crippen molar-refractivity contribution in [2.75, 3.05) is 0 Å². The molecule has 5 nitrogen and oxygen atoms in total. The first kappa shape index (κ1) is 20.8. The van der Waals surface area contributed by atoms with Crippen LogP contribution in [0.4, 0.5) is 13.2 Å². The zero-order valence-electron chi connectivity index (χ0n) is 14.8. The SMILES string of the molecule is CC.FC(F)(F)CCCc1ncnc2cccc(Oc3ncc(Cl)cn3)c12. The van der Waals surface area contributed by atoms with E-state index in [1.807, 2.05) is 13.8 Å². The Morgan fingerprint density at radius 2 is 1.74 bits per heavy atom. The average molecular weight is 399 g/mol. The van der Waals surface area contributed by atoms with Gasteiger partial charge in [-0.2, -0.15) is 13.2 Å². The summed E-state index contributed by atoms with van der Waals surface area (Å²) in [5.41, 5.74) is 1.06. The standard InChI is InChI=1S/C16H12ClF3N4O.C2H6/c17-10-7-21-15(22-8-10)25-13-5-1-3-11-14(13)12(24-9-23-11)4-2-6-16(18,19)20;1-2/h1,3,5,7-9H,2,4,6H2;1-2H3. The molecule has 0 saturated heterocycles. The van der Waals surface area contributed by atoms with Crippen LogP contribution in [0.25, 0.3) is 10.9 Å². The van der Waals surface area contributed by atoms with E-state index in [9.17, 15) is 13.2 Å². The molecule has 0 aliphatic heterocycles. The molecule has 0 unspecified atom stereocenters. The number of halogens is 4. The molecule has 2 aromatic heterocycles. The molecule has 0 fully saturated rings. The highest BCUT2D eigenvalue weighted by atomic mass is 35.5. The number of rotatable bonds is 5. The van der Waals surface area contributed by atoms with E-state index < -0.39 is 12.6 Å². The Hall–Kier alpha value is -2.48. The predicted octanol–water partition coefficient (Wildman–Crippen LogP) is 5.78. The molecule has 3 rings (SSSR count). The second kappa shape index (κ2) is 9.45. The lowest BCUT2D eigenvalue weighted by molar-refractivity contribution is -0.135. The van der Waals surface area contributed by atoms with Gasteiger partial charge in [0.15, 0.2) is 0 Å². The fourth-order valence-electron chi connectivity index (χ4n) is 2.32. The van der Waals surface area contributed by atoms with Gasteiger partial charge < -0.3 is 4.74 Å². The molecule has 9 heteroatoms. The van der Waals surface area contributed by atoms with E-state index in [-0.39, 0.29) is 18.9 Å². The second-order valence-corrected chi connectivity index (χ2v) is 5.66. The molecule has 3 aromatic rings. The number of hydrogen-bond acceptors (Lipinski definition) is 5. The van der Waals surface area contributed by atoms with E-state index in [2.05, 4.69) is 19.9 Å². The van der Waals surface area contributed by atoms with E-state index in [4.69, 9.17) is 16.3 Å². The minimum atomic E-state index is -4.20. The first-order valence-corrected chi connectivity index (χ1v) is 8.75. The summed E-state index contributed by atoms with van der Waals surface area (Å²) < 4.78 is 42.8. The minimum Gasteiger partial charge on any atom is -0.424 e. The maximum atomic E-state index is 12.4. The molecule has 0 aliphatic carbocycles. The van der Waals surface area contributed by atoms with Gasteiger partial charge in [-0.25, -0.2) is 19.9 Å². The third-order valence-electron chi connectivity index (χ3n) is 3.37. The normalized spacial score (nSPS) is 11.0. The third-order valence-corrected chi connectivity index (χ3v) is 3.57. The van der Waals surface area contributed by atoms with Crippen molar-refractivity contribution in [3.63, 3.8) is 0 Å². The van der Waals surface area contributed by atoms with Gasteiger partial charge in [-0.05, 0) is 25.0 Å². The van der Waals surface area contributed by atoms with E-state index in [0.717, 1.165) is 0 Å². The quantitative estimate of drug-likeness (QED) is 0.545. The van der Waals surface area contributed by atoms with Crippen molar-refractivity contribution in [3.8, 4) is 11.8 Å². The summed E-state index contributed by atoms with van der Waals surface area (Å²) in [6.45, 7) is 4.00. The Balaban J connectivity index is 0.00000126. The van der Waals surface area contributed by atoms with E-state index in [0.29, 0.717) is 27.4 Å². The van der Waals surface area contributed by atoms with Crippen molar-refractivity contribution in [1.82, 2.24) is 19.9 Å². The van der Waals surface area contributed by atoms with Crippen molar-refractivity contribution < 1.29 is 17.9 Å². The van der Waals surface area contributed by atoms with Crippen LogP contribution < -0.4 is 4.74 Å². The van der Waals surface area contributed by atoms with Crippen LogP contribution in [0.3, 0.4) is 0 Å². The zero-order valence-corrected chi connectivity index (χ0v) is 15.6. The molecule has 0 N–H and O–H groups in total. The van der Waals surface area contributed by atoms with Gasteiger partial charge in [0.1, 0.15) is 12.1 Å². The van der Waals surface area contributed by atoms with Crippen LogP contribution in [-0.2, 0) is 6.42 Å². The van der Waals surface area contributed by atoms with Crippen molar-refractivity contribution >= 4 is 22.5 Å². The van der Waals surface area contributed by atoms with Gasteiger partial charge in [-0.1, -0.05) is 31.5 Å². The van der Waals surface area contributed by atoms with Crippen LogP contribution in [0.1, 0.15) is 32.4 Å². The van der Waals surface area contributed by atoms with Crippen LogP contribution in [0.2, 0.25) is 5.02 Å². The Kier molecular flexibility index (Phi) is 7.29. The lowest BCUT2D eigenvalue weighted by Gasteiger charge is -2.11. The highest BCUT2D eigenvalue weighted by Crippen LogP contribution is 2.31. The van der Waals surface area contributed by atoms with E-state index in [1.165, 1.54) is 18.7 Å². The lowest BCUT2D eigenvalue weighted by Crippen LogP contribution is -2.08. The van der Waals surface area contributed by atoms with Crippen LogP contribution in [0, 0.1) is 0 Å². The molecule has 0 amide bonds. The molecule has 0 spiro atoms. The summed E-state index contributed by atoms with van der Waals surface area (Å²) in [5.74, 6) is 0.377. The molecule has 0 bridgehead atoms. The van der Waals surface area contributed by atoms with Crippen molar-refractivity contribution in [2.24, 2.45) is 0 Å². The molecule has 1 aromatic carbocycles. The first-order valence-electron chi connectivity index (χ1n) is 8.37. The smallest absolute Gasteiger partial charge is 0.389 e. The van der Waals surface area contributed by atoms with Gasteiger partial charge in [0.05, 0.1) is 34.0 Å². The van der Waals surface area contributed by atoms with Crippen molar-refractivity contribution in [1.29, 1.82) is 0 Å². The van der Waals surface area contributed by atoms with Crippen LogP contribution in [0.15, 0.2) is 36.9 Å². The van der Waals surface area contributed by atoms with Gasteiger partial charge >= 0.3 is 12.2 Å². The molecule has 0 radical (unpaired) electrons. The maximum Gasteiger partial charge on any atom is 0.389 e. The number of aryl methyl sites for hydroxylation is 1. The Morgan fingerprint density at radius 1 is 1.04 bits per heavy atom. The minimum absolute atomic E-state index is 0.0681. The topological polar surface area (TPSA) is 60.8 Å². The summed E-state index contributed by atoms with van der Waals surface area (Å²) in [6.07, 6.45) is -0.887. The molecular formula is C18H18ClF3N4O. The fourth-order valence-corrected chi connectivity index (χ4v) is 2.42. The van der Waals surface area contributed by atoms with Crippen molar-refractivity contribution in [2.45, 2.75) is 39.3 Å². The van der Waals surface area contributed by atoms with Crippen molar-refractivity contribution in [3.05, 3.63) is 47.6 Å². The Bertz CT molecular complexity index is 867. The van der Waals surface area contributed by atoms with Gasteiger partial charge in [0, 0.05) is 6.42 Å². The number of nitrogens with zero attached hydrogens (tertiary/aromatic N) is 4. The predicted molar refractivity (Wildman–Crippen MR) is 97.0 cm³/mol. The molecule has 0 aliphatic rings. The molecule has 27 heavy (non-hydrogen) atoms. The number of benzene rings is 1. The number of aromatic nitrogens is 4. The fraction of sp³-hybridized carbons (Fsp3) is 0.333. The highest BCUT2D eigenvalue weighted by molar-refractivity contribution is 6.30. The third kappa shape index (κ3) is 6.02. The van der Waals surface area contributed by atoms with E-state index >= 15 is 0 Å². The first-order chi connectivity index (χ1) is 12.9. The van der Waals surface area contributed by atoms with Gasteiger partial charge in [0.25, 0.3) is 0 Å². The van der Waals surface area contributed by atoms with Crippen LogP contribution >= 0.6 is 11.6 Å². The summed E-state index contributed by atoms with van der Waals surface area (Å²) >= 11 is 5.74. The van der Waals surface area contributed by atoms with Gasteiger partial charge in [0.2, 0.25) is 0 Å². The van der Waals surface area contributed by atoms with Crippen LogP contribution in [-0.4, -0.2) is 26.1 Å². The highest BCUT2D eigenvalue weighted by Gasteiger charge is 2.26. The second-order valence-electron chi connectivity index (χ2n) is 5.23. The average Bonchev–Trinajstić information content (AvgIpc) is 2.64. The zero-order chi connectivity index (χ0) is 19.9. The molecule has 144 valence electrons. The van der Waals surface area contributed by atoms with Gasteiger partial charge in [-0.3, -0.25) is 0 Å². The summed E-state index contributed by atoms with van der Waals surface area (Å²) in [5, 5.41) is 0.909. The molecular weight excluding hydrogens is 381 g/mol. The van der Waals surface area contributed by atoms with Gasteiger partial charge in [-0.15, -0.1) is 0 Å².